The van der Waals surface area contributed by atoms with Crippen LogP contribution in [-0.2, 0) is 28.0 Å². The molecule has 24 heavy (non-hydrogen) atoms. The van der Waals surface area contributed by atoms with Gasteiger partial charge in [-0.2, -0.15) is 0 Å². The van der Waals surface area contributed by atoms with Gasteiger partial charge in [0.2, 0.25) is 0 Å². The van der Waals surface area contributed by atoms with Crippen LogP contribution in [0.2, 0.25) is 0 Å². The number of hydrogen-bond donors (Lipinski definition) is 2. The van der Waals surface area contributed by atoms with Crippen LogP contribution in [-0.4, -0.2) is 68.2 Å². The Morgan fingerprint density at radius 3 is 2.58 bits per heavy atom. The highest BCUT2D eigenvalue weighted by atomic mass is 31.2. The lowest BCUT2D eigenvalue weighted by Crippen LogP contribution is -2.50. The SMILES string of the molecule is C=C1C=CN([C@@H]2O[C@H](OCP(=O)(O)OC)[C@@H](OC)[C@H]2OC)C(=O)N1. The van der Waals surface area contributed by atoms with E-state index < -0.39 is 44.7 Å². The van der Waals surface area contributed by atoms with E-state index in [-0.39, 0.29) is 0 Å². The second-order valence-corrected chi connectivity index (χ2v) is 6.99. The molecular formula is C13H21N2O8P. The zero-order valence-electron chi connectivity index (χ0n) is 13.6. The van der Waals surface area contributed by atoms with Crippen molar-refractivity contribution in [3.05, 3.63) is 24.6 Å². The van der Waals surface area contributed by atoms with E-state index in [1.165, 1.54) is 25.3 Å². The Morgan fingerprint density at radius 1 is 1.38 bits per heavy atom. The van der Waals surface area contributed by atoms with Gasteiger partial charge < -0.3 is 33.7 Å². The molecule has 0 aromatic rings. The highest BCUT2D eigenvalue weighted by Gasteiger charge is 2.50. The van der Waals surface area contributed by atoms with Crippen molar-refractivity contribution in [2.75, 3.05) is 27.7 Å². The van der Waals surface area contributed by atoms with Gasteiger partial charge in [0.1, 0.15) is 12.2 Å². The maximum atomic E-state index is 12.1. The summed E-state index contributed by atoms with van der Waals surface area (Å²) in [6, 6.07) is -0.449. The molecule has 5 atom stereocenters. The normalized spacial score (nSPS) is 32.8. The van der Waals surface area contributed by atoms with Crippen molar-refractivity contribution in [3.8, 4) is 0 Å². The van der Waals surface area contributed by atoms with Gasteiger partial charge in [-0.3, -0.25) is 9.46 Å². The van der Waals surface area contributed by atoms with Crippen molar-refractivity contribution in [2.24, 2.45) is 0 Å². The third kappa shape index (κ3) is 4.04. The highest BCUT2D eigenvalue weighted by molar-refractivity contribution is 7.52. The molecule has 0 spiro atoms. The first-order valence-corrected chi connectivity index (χ1v) is 8.76. The third-order valence-electron chi connectivity index (χ3n) is 3.59. The Bertz CT molecular complexity index is 568. The van der Waals surface area contributed by atoms with Gasteiger partial charge in [0.25, 0.3) is 0 Å². The van der Waals surface area contributed by atoms with E-state index in [2.05, 4.69) is 16.4 Å². The van der Waals surface area contributed by atoms with Gasteiger partial charge in [-0.1, -0.05) is 6.58 Å². The second-order valence-electron chi connectivity index (χ2n) is 5.09. The van der Waals surface area contributed by atoms with E-state index in [9.17, 15) is 14.3 Å². The summed E-state index contributed by atoms with van der Waals surface area (Å²) in [7, 11) is 0.0755. The van der Waals surface area contributed by atoms with Crippen molar-refractivity contribution in [2.45, 2.75) is 24.7 Å². The summed E-state index contributed by atoms with van der Waals surface area (Å²) in [5, 5.41) is 2.55. The summed E-state index contributed by atoms with van der Waals surface area (Å²) in [6.45, 7) is 3.64. The van der Waals surface area contributed by atoms with Gasteiger partial charge in [0.05, 0.1) is 0 Å². The maximum absolute atomic E-state index is 12.1. The fourth-order valence-corrected chi connectivity index (χ4v) is 2.81. The molecule has 2 rings (SSSR count). The average Bonchev–Trinajstić information content (AvgIpc) is 2.90. The first kappa shape index (κ1) is 19.1. The number of urea groups is 1. The number of carbonyl (C=O) groups excluding carboxylic acids is 1. The number of nitrogens with zero attached hydrogens (tertiary/aromatic N) is 1. The molecule has 0 saturated carbocycles. The lowest BCUT2D eigenvalue weighted by molar-refractivity contribution is -0.174. The van der Waals surface area contributed by atoms with E-state index in [1.807, 2.05) is 0 Å². The Labute approximate surface area is 139 Å². The zero-order chi connectivity index (χ0) is 17.9. The van der Waals surface area contributed by atoms with Gasteiger partial charge in [-0.15, -0.1) is 0 Å². The summed E-state index contributed by atoms with van der Waals surface area (Å²) >= 11 is 0. The number of nitrogens with one attached hydrogen (secondary N) is 1. The van der Waals surface area contributed by atoms with E-state index >= 15 is 0 Å². The van der Waals surface area contributed by atoms with Crippen LogP contribution in [0.3, 0.4) is 0 Å². The number of amides is 2. The second kappa shape index (κ2) is 7.75. The molecule has 136 valence electrons. The Hall–Kier alpha value is -1.26. The van der Waals surface area contributed by atoms with Crippen LogP contribution >= 0.6 is 7.60 Å². The van der Waals surface area contributed by atoms with Crippen LogP contribution in [0.5, 0.6) is 0 Å². The molecular weight excluding hydrogens is 343 g/mol. The van der Waals surface area contributed by atoms with Gasteiger partial charge >= 0.3 is 13.6 Å². The predicted molar refractivity (Wildman–Crippen MR) is 81.7 cm³/mol. The van der Waals surface area contributed by atoms with Crippen molar-refractivity contribution in [1.82, 2.24) is 10.2 Å². The molecule has 11 heteroatoms. The monoisotopic (exact) mass is 364 g/mol. The molecule has 0 radical (unpaired) electrons. The molecule has 0 aliphatic carbocycles. The molecule has 2 aliphatic heterocycles. The summed E-state index contributed by atoms with van der Waals surface area (Å²) < 4.78 is 37.7. The van der Waals surface area contributed by atoms with Crippen LogP contribution in [0.4, 0.5) is 4.79 Å². The average molecular weight is 364 g/mol. The summed E-state index contributed by atoms with van der Waals surface area (Å²) in [4.78, 5) is 22.8. The highest BCUT2D eigenvalue weighted by Crippen LogP contribution is 2.42. The van der Waals surface area contributed by atoms with Crippen molar-refractivity contribution >= 4 is 13.6 Å². The zero-order valence-corrected chi connectivity index (χ0v) is 14.5. The van der Waals surface area contributed by atoms with Gasteiger partial charge in [-0.05, 0) is 6.08 Å². The Balaban J connectivity index is 2.15. The molecule has 1 unspecified atom stereocenters. The smallest absolute Gasteiger partial charge is 0.353 e. The third-order valence-corrected chi connectivity index (χ3v) is 4.64. The topological polar surface area (TPSA) is 116 Å². The standard InChI is InChI=1S/C13H21N2O8P/c1-8-5-6-15(13(16)14-8)11-9(19-2)10(20-3)12(23-11)22-7-24(17,18)21-4/h5-6,9-12H,1,7H2,2-4H3,(H,14,16)(H,17,18)/t9-,10+,11-,12+/m1/s1. The number of methoxy groups -OCH3 is 2. The largest absolute Gasteiger partial charge is 0.374 e. The van der Waals surface area contributed by atoms with Crippen LogP contribution in [0.1, 0.15) is 0 Å². The Morgan fingerprint density at radius 2 is 2.04 bits per heavy atom. The van der Waals surface area contributed by atoms with Crippen molar-refractivity contribution < 1.29 is 37.7 Å². The fourth-order valence-electron chi connectivity index (χ4n) is 2.37. The first-order valence-electron chi connectivity index (χ1n) is 6.99. The van der Waals surface area contributed by atoms with Crippen LogP contribution < -0.4 is 5.32 Å². The molecule has 2 amide bonds. The van der Waals surface area contributed by atoms with Gasteiger partial charge in [0.15, 0.2) is 18.9 Å². The van der Waals surface area contributed by atoms with Crippen molar-refractivity contribution in [1.29, 1.82) is 0 Å². The minimum absolute atomic E-state index is 0.445. The quantitative estimate of drug-likeness (QED) is 0.630. The number of hydrogen-bond acceptors (Lipinski definition) is 7. The minimum atomic E-state index is -3.88. The molecule has 1 fully saturated rings. The minimum Gasteiger partial charge on any atom is -0.374 e. The summed E-state index contributed by atoms with van der Waals surface area (Å²) in [6.07, 6.45) is -0.762. The van der Waals surface area contributed by atoms with E-state index in [0.29, 0.717) is 5.70 Å². The molecule has 0 aromatic carbocycles. The van der Waals surface area contributed by atoms with E-state index in [4.69, 9.17) is 18.9 Å². The number of allylic oxidation sites excluding steroid dienone is 1. The fraction of sp³-hybridized carbons (Fsp3) is 0.615. The van der Waals surface area contributed by atoms with E-state index in [1.54, 1.807) is 6.08 Å². The molecule has 2 aliphatic rings. The molecule has 10 nitrogen and oxygen atoms in total. The predicted octanol–water partition coefficient (Wildman–Crippen LogP) is 0.557. The van der Waals surface area contributed by atoms with Crippen LogP contribution in [0.15, 0.2) is 24.6 Å². The lowest BCUT2D eigenvalue weighted by atomic mass is 10.2. The lowest BCUT2D eigenvalue weighted by Gasteiger charge is -2.31. The van der Waals surface area contributed by atoms with Crippen LogP contribution in [0.25, 0.3) is 0 Å². The Kier molecular flexibility index (Phi) is 6.16. The maximum Gasteiger partial charge on any atom is 0.353 e. The van der Waals surface area contributed by atoms with Crippen LogP contribution in [0, 0.1) is 0 Å². The molecule has 1 saturated heterocycles. The summed E-state index contributed by atoms with van der Waals surface area (Å²) in [5.41, 5.74) is 0.445. The number of ether oxygens (including phenoxy) is 4. The van der Waals surface area contributed by atoms with Gasteiger partial charge in [0, 0.05) is 33.2 Å². The number of rotatable bonds is 7. The van der Waals surface area contributed by atoms with E-state index in [0.717, 1.165) is 7.11 Å². The molecule has 2 heterocycles. The first-order chi connectivity index (χ1) is 11.3. The van der Waals surface area contributed by atoms with Gasteiger partial charge in [-0.25, -0.2) is 4.79 Å². The van der Waals surface area contributed by atoms with Crippen molar-refractivity contribution in [3.63, 3.8) is 0 Å². The molecule has 0 aromatic heterocycles. The number of carbonyl (C=O) groups is 1. The molecule has 0 bridgehead atoms. The molecule has 2 N–H and O–H groups in total. The summed E-state index contributed by atoms with van der Waals surface area (Å²) in [5.74, 6) is 0.